The largest absolute Gasteiger partial charge is 0.388 e. The Morgan fingerprint density at radius 2 is 2.56 bits per heavy atom. The summed E-state index contributed by atoms with van der Waals surface area (Å²) in [7, 11) is 0. The Balaban J connectivity index is 2.65. The second kappa shape index (κ2) is 3.34. The van der Waals surface area contributed by atoms with Crippen LogP contribution in [0.2, 0.25) is 0 Å². The lowest BCUT2D eigenvalue weighted by molar-refractivity contribution is 0.206. The zero-order chi connectivity index (χ0) is 6.69. The van der Waals surface area contributed by atoms with Gasteiger partial charge in [0.1, 0.15) is 0 Å². The summed E-state index contributed by atoms with van der Waals surface area (Å²) < 4.78 is 0. The van der Waals surface area contributed by atoms with Gasteiger partial charge in [0, 0.05) is 5.33 Å². The van der Waals surface area contributed by atoms with Crippen LogP contribution in [0.5, 0.6) is 0 Å². The van der Waals surface area contributed by atoms with Crippen molar-refractivity contribution in [3.8, 4) is 0 Å². The molecule has 0 aliphatic rings. The number of rotatable bonds is 2. The highest BCUT2D eigenvalue weighted by Gasteiger charge is 2.03. The number of alkyl halides is 1. The first-order valence-corrected chi connectivity index (χ1v) is 4.67. The molecule has 50 valence electrons. The first-order chi connectivity index (χ1) is 4.34. The summed E-state index contributed by atoms with van der Waals surface area (Å²) >= 11 is 4.79. The highest BCUT2D eigenvalue weighted by atomic mass is 79.9. The zero-order valence-electron chi connectivity index (χ0n) is 4.75. The second-order valence-corrected chi connectivity index (χ2v) is 3.15. The standard InChI is InChI=1S/C6H7BrOS/c7-3-6(8)5-1-2-9-4-5/h1-2,4,6,8H,3H2/t6-/m1/s1. The minimum Gasteiger partial charge on any atom is -0.388 e. The minimum absolute atomic E-state index is 0.337. The van der Waals surface area contributed by atoms with Gasteiger partial charge in [0.05, 0.1) is 6.10 Å². The highest BCUT2D eigenvalue weighted by Crippen LogP contribution is 2.17. The van der Waals surface area contributed by atoms with E-state index in [-0.39, 0.29) is 6.10 Å². The number of aliphatic hydroxyl groups excluding tert-OH is 1. The molecule has 0 bridgehead atoms. The van der Waals surface area contributed by atoms with Crippen LogP contribution in [0.4, 0.5) is 0 Å². The van der Waals surface area contributed by atoms with Gasteiger partial charge in [0.2, 0.25) is 0 Å². The average molecular weight is 207 g/mol. The van der Waals surface area contributed by atoms with Crippen molar-refractivity contribution < 1.29 is 5.11 Å². The SMILES string of the molecule is O[C@H](CBr)c1ccsc1. The lowest BCUT2D eigenvalue weighted by atomic mass is 10.2. The van der Waals surface area contributed by atoms with Gasteiger partial charge in [-0.1, -0.05) is 15.9 Å². The van der Waals surface area contributed by atoms with Crippen molar-refractivity contribution in [3.05, 3.63) is 22.4 Å². The molecular formula is C6H7BrOS. The molecule has 0 aromatic carbocycles. The third-order valence-corrected chi connectivity index (χ3v) is 2.39. The van der Waals surface area contributed by atoms with Gasteiger partial charge >= 0.3 is 0 Å². The molecule has 1 aromatic heterocycles. The fraction of sp³-hybridized carbons (Fsp3) is 0.333. The average Bonchev–Trinajstić information content (AvgIpc) is 2.37. The topological polar surface area (TPSA) is 20.2 Å². The molecule has 0 spiro atoms. The molecule has 0 aliphatic carbocycles. The molecule has 1 atom stereocenters. The molecule has 9 heavy (non-hydrogen) atoms. The van der Waals surface area contributed by atoms with E-state index in [0.717, 1.165) is 5.56 Å². The number of aliphatic hydroxyl groups is 1. The summed E-state index contributed by atoms with van der Waals surface area (Å²) in [5.74, 6) is 0. The van der Waals surface area contributed by atoms with Crippen molar-refractivity contribution in [2.75, 3.05) is 5.33 Å². The van der Waals surface area contributed by atoms with Crippen molar-refractivity contribution in [1.29, 1.82) is 0 Å². The predicted octanol–water partition coefficient (Wildman–Crippen LogP) is 2.18. The van der Waals surface area contributed by atoms with Crippen LogP contribution in [0.15, 0.2) is 16.8 Å². The smallest absolute Gasteiger partial charge is 0.0894 e. The molecule has 0 saturated carbocycles. The zero-order valence-corrected chi connectivity index (χ0v) is 7.15. The molecule has 0 fully saturated rings. The van der Waals surface area contributed by atoms with Gasteiger partial charge in [0.15, 0.2) is 0 Å². The van der Waals surface area contributed by atoms with Crippen molar-refractivity contribution in [2.45, 2.75) is 6.10 Å². The van der Waals surface area contributed by atoms with E-state index < -0.39 is 0 Å². The van der Waals surface area contributed by atoms with E-state index in [1.807, 2.05) is 16.8 Å². The summed E-state index contributed by atoms with van der Waals surface area (Å²) in [6, 6.07) is 1.93. The summed E-state index contributed by atoms with van der Waals surface area (Å²) in [4.78, 5) is 0. The molecule has 0 amide bonds. The normalized spacial score (nSPS) is 13.6. The molecule has 1 nitrogen and oxygen atoms in total. The van der Waals surface area contributed by atoms with Gasteiger partial charge in [0.25, 0.3) is 0 Å². The number of hydrogen-bond donors (Lipinski definition) is 1. The Morgan fingerprint density at radius 1 is 1.78 bits per heavy atom. The van der Waals surface area contributed by atoms with Crippen LogP contribution in [0.25, 0.3) is 0 Å². The van der Waals surface area contributed by atoms with Crippen LogP contribution < -0.4 is 0 Å². The fourth-order valence-electron chi connectivity index (χ4n) is 0.554. The first kappa shape index (κ1) is 7.25. The number of hydrogen-bond acceptors (Lipinski definition) is 2. The lowest BCUT2D eigenvalue weighted by Gasteiger charge is -2.00. The molecular weight excluding hydrogens is 200 g/mol. The van der Waals surface area contributed by atoms with E-state index in [1.165, 1.54) is 0 Å². The molecule has 1 aromatic rings. The van der Waals surface area contributed by atoms with Crippen LogP contribution in [-0.2, 0) is 0 Å². The Labute approximate surface area is 66.5 Å². The monoisotopic (exact) mass is 206 g/mol. The molecule has 0 radical (unpaired) electrons. The number of thiophene rings is 1. The van der Waals surface area contributed by atoms with Gasteiger partial charge in [-0.3, -0.25) is 0 Å². The summed E-state index contributed by atoms with van der Waals surface area (Å²) in [5.41, 5.74) is 0.997. The summed E-state index contributed by atoms with van der Waals surface area (Å²) in [5, 5.41) is 13.7. The van der Waals surface area contributed by atoms with Crippen LogP contribution in [0.3, 0.4) is 0 Å². The van der Waals surface area contributed by atoms with Crippen LogP contribution >= 0.6 is 27.3 Å². The van der Waals surface area contributed by atoms with E-state index in [1.54, 1.807) is 11.3 Å². The molecule has 1 rings (SSSR count). The van der Waals surface area contributed by atoms with Crippen molar-refractivity contribution in [2.24, 2.45) is 0 Å². The highest BCUT2D eigenvalue weighted by molar-refractivity contribution is 9.09. The van der Waals surface area contributed by atoms with Gasteiger partial charge < -0.3 is 5.11 Å². The maximum Gasteiger partial charge on any atom is 0.0894 e. The molecule has 1 heterocycles. The van der Waals surface area contributed by atoms with E-state index in [2.05, 4.69) is 15.9 Å². The molecule has 0 unspecified atom stereocenters. The molecule has 1 N–H and O–H groups in total. The Morgan fingerprint density at radius 3 is 3.00 bits per heavy atom. The summed E-state index contributed by atoms with van der Waals surface area (Å²) in [6.45, 7) is 0. The van der Waals surface area contributed by atoms with E-state index in [9.17, 15) is 5.11 Å². The second-order valence-electron chi connectivity index (χ2n) is 1.73. The Hall–Kier alpha value is 0.140. The van der Waals surface area contributed by atoms with Crippen molar-refractivity contribution in [1.82, 2.24) is 0 Å². The molecule has 0 saturated heterocycles. The van der Waals surface area contributed by atoms with Gasteiger partial charge in [-0.2, -0.15) is 11.3 Å². The van der Waals surface area contributed by atoms with Gasteiger partial charge in [-0.05, 0) is 22.4 Å². The number of halogens is 1. The quantitative estimate of drug-likeness (QED) is 0.737. The minimum atomic E-state index is -0.337. The predicted molar refractivity (Wildman–Crippen MR) is 43.1 cm³/mol. The third kappa shape index (κ3) is 1.78. The third-order valence-electron chi connectivity index (χ3n) is 1.07. The van der Waals surface area contributed by atoms with E-state index >= 15 is 0 Å². The van der Waals surface area contributed by atoms with Crippen LogP contribution in [-0.4, -0.2) is 10.4 Å². The van der Waals surface area contributed by atoms with Gasteiger partial charge in [-0.25, -0.2) is 0 Å². The molecule has 0 aliphatic heterocycles. The fourth-order valence-corrected chi connectivity index (χ4v) is 1.63. The molecule has 3 heteroatoms. The van der Waals surface area contributed by atoms with Crippen molar-refractivity contribution in [3.63, 3.8) is 0 Å². The lowest BCUT2D eigenvalue weighted by Crippen LogP contribution is -1.94. The maximum atomic E-state index is 9.18. The Kier molecular flexibility index (Phi) is 2.69. The summed E-state index contributed by atoms with van der Waals surface area (Å²) in [6.07, 6.45) is -0.337. The first-order valence-electron chi connectivity index (χ1n) is 2.60. The van der Waals surface area contributed by atoms with Crippen LogP contribution in [0.1, 0.15) is 11.7 Å². The Bertz CT molecular complexity index is 162. The van der Waals surface area contributed by atoms with E-state index in [0.29, 0.717) is 5.33 Å². The van der Waals surface area contributed by atoms with E-state index in [4.69, 9.17) is 0 Å². The van der Waals surface area contributed by atoms with Crippen LogP contribution in [0, 0.1) is 0 Å². The van der Waals surface area contributed by atoms with Gasteiger partial charge in [-0.15, -0.1) is 0 Å². The van der Waals surface area contributed by atoms with Crippen molar-refractivity contribution >= 4 is 27.3 Å². The maximum absolute atomic E-state index is 9.18.